The molecule has 0 saturated carbocycles. The zero-order valence-corrected chi connectivity index (χ0v) is 20.3. The highest BCUT2D eigenvalue weighted by Gasteiger charge is 2.28. The van der Waals surface area contributed by atoms with Crippen molar-refractivity contribution >= 4 is 33.1 Å². The molecule has 0 aliphatic heterocycles. The van der Waals surface area contributed by atoms with Gasteiger partial charge in [0.2, 0.25) is 5.78 Å². The van der Waals surface area contributed by atoms with Crippen LogP contribution in [0.4, 0.5) is 5.82 Å². The minimum absolute atomic E-state index is 0.189. The van der Waals surface area contributed by atoms with Gasteiger partial charge in [-0.25, -0.2) is 9.97 Å². The first kappa shape index (κ1) is 21.4. The minimum atomic E-state index is 0.189. The lowest BCUT2D eigenvalue weighted by atomic mass is 9.78. The highest BCUT2D eigenvalue weighted by molar-refractivity contribution is 6.13. The van der Waals surface area contributed by atoms with Gasteiger partial charge >= 0.3 is 0 Å². The number of imidazole rings is 1. The Labute approximate surface area is 195 Å². The normalized spacial score (nSPS) is 14.1. The molecule has 0 aliphatic carbocycles. The van der Waals surface area contributed by atoms with Gasteiger partial charge in [0, 0.05) is 23.5 Å². The van der Waals surface area contributed by atoms with E-state index in [1.807, 2.05) is 13.0 Å². The summed E-state index contributed by atoms with van der Waals surface area (Å²) in [5.41, 5.74) is 3.26. The molecule has 0 spiro atoms. The zero-order valence-electron chi connectivity index (χ0n) is 20.3. The standard InChI is InChI=1S/C29H32N4/c1-18-15-16-33-27(31-20(3)19(2)29(4,5)6)26(32-28(33)30-18)25-23-13-9-7-11-21(23)17-22-12-8-10-14-24(22)25/h7-17,19-20,31H,1-6H3. The van der Waals surface area contributed by atoms with Crippen molar-refractivity contribution in [2.45, 2.75) is 47.6 Å². The van der Waals surface area contributed by atoms with Crippen LogP contribution in [-0.2, 0) is 0 Å². The van der Waals surface area contributed by atoms with Crippen LogP contribution >= 0.6 is 0 Å². The average molecular weight is 437 g/mol. The maximum atomic E-state index is 5.11. The van der Waals surface area contributed by atoms with Crippen molar-refractivity contribution in [1.82, 2.24) is 14.4 Å². The quantitative estimate of drug-likeness (QED) is 0.297. The molecule has 2 atom stereocenters. The van der Waals surface area contributed by atoms with Gasteiger partial charge in [-0.2, -0.15) is 0 Å². The first-order valence-corrected chi connectivity index (χ1v) is 11.8. The van der Waals surface area contributed by atoms with E-state index >= 15 is 0 Å². The van der Waals surface area contributed by atoms with Crippen molar-refractivity contribution in [2.75, 3.05) is 5.32 Å². The average Bonchev–Trinajstić information content (AvgIpc) is 3.12. The van der Waals surface area contributed by atoms with E-state index < -0.39 is 0 Å². The van der Waals surface area contributed by atoms with Crippen LogP contribution < -0.4 is 5.32 Å². The summed E-state index contributed by atoms with van der Waals surface area (Å²) in [5.74, 6) is 2.18. The van der Waals surface area contributed by atoms with Crippen molar-refractivity contribution in [3.05, 3.63) is 72.6 Å². The molecular weight excluding hydrogens is 404 g/mol. The van der Waals surface area contributed by atoms with Crippen LogP contribution in [0.2, 0.25) is 0 Å². The molecule has 0 amide bonds. The van der Waals surface area contributed by atoms with E-state index in [2.05, 4.69) is 105 Å². The third-order valence-electron chi connectivity index (χ3n) is 7.12. The Morgan fingerprint density at radius 3 is 2.06 bits per heavy atom. The molecule has 5 rings (SSSR count). The number of benzene rings is 3. The summed E-state index contributed by atoms with van der Waals surface area (Å²) in [7, 11) is 0. The van der Waals surface area contributed by atoms with Gasteiger partial charge in [0.05, 0.1) is 0 Å². The molecule has 4 heteroatoms. The highest BCUT2D eigenvalue weighted by Crippen LogP contribution is 2.40. The van der Waals surface area contributed by atoms with Crippen molar-refractivity contribution in [3.63, 3.8) is 0 Å². The van der Waals surface area contributed by atoms with Gasteiger partial charge in [-0.3, -0.25) is 4.40 Å². The summed E-state index contributed by atoms with van der Waals surface area (Å²) >= 11 is 0. The third-order valence-corrected chi connectivity index (χ3v) is 7.12. The minimum Gasteiger partial charge on any atom is -0.367 e. The van der Waals surface area contributed by atoms with Gasteiger partial charge in [0.15, 0.2) is 0 Å². The van der Waals surface area contributed by atoms with E-state index in [4.69, 9.17) is 9.97 Å². The van der Waals surface area contributed by atoms with Crippen LogP contribution in [0.1, 0.15) is 40.3 Å². The molecule has 5 aromatic rings. The predicted octanol–water partition coefficient (Wildman–Crippen LogP) is 7.49. The fourth-order valence-electron chi connectivity index (χ4n) is 4.69. The molecule has 0 aliphatic rings. The second-order valence-corrected chi connectivity index (χ2v) is 10.3. The number of rotatable bonds is 4. The fraction of sp³-hybridized carbons (Fsp3) is 0.310. The Morgan fingerprint density at radius 2 is 1.45 bits per heavy atom. The fourth-order valence-corrected chi connectivity index (χ4v) is 4.69. The van der Waals surface area contributed by atoms with Crippen LogP contribution in [0, 0.1) is 18.3 Å². The molecule has 2 aromatic heterocycles. The second-order valence-electron chi connectivity index (χ2n) is 10.3. The van der Waals surface area contributed by atoms with Crippen molar-refractivity contribution < 1.29 is 0 Å². The Kier molecular flexibility index (Phi) is 5.12. The third kappa shape index (κ3) is 3.74. The Bertz CT molecular complexity index is 1420. The lowest BCUT2D eigenvalue weighted by Crippen LogP contribution is -2.33. The number of hydrogen-bond donors (Lipinski definition) is 1. The number of aromatic nitrogens is 3. The molecule has 1 N–H and O–H groups in total. The van der Waals surface area contributed by atoms with Gasteiger partial charge in [-0.05, 0) is 58.9 Å². The number of nitrogens with zero attached hydrogens (tertiary/aromatic N) is 3. The molecule has 4 nitrogen and oxygen atoms in total. The van der Waals surface area contributed by atoms with E-state index in [0.717, 1.165) is 28.5 Å². The SMILES string of the molecule is Cc1ccn2c(NC(C)C(C)C(C)(C)C)c(-c3c4ccccc4cc4ccccc34)nc2n1. The summed E-state index contributed by atoms with van der Waals surface area (Å²) in [6.45, 7) is 13.5. The molecule has 2 unspecified atom stereocenters. The van der Waals surface area contributed by atoms with Crippen LogP contribution in [0.5, 0.6) is 0 Å². The van der Waals surface area contributed by atoms with Gasteiger partial charge < -0.3 is 5.32 Å². The summed E-state index contributed by atoms with van der Waals surface area (Å²) in [4.78, 5) is 9.86. The first-order valence-electron chi connectivity index (χ1n) is 11.8. The van der Waals surface area contributed by atoms with Crippen molar-refractivity contribution in [2.24, 2.45) is 11.3 Å². The first-order chi connectivity index (χ1) is 15.7. The second kappa shape index (κ2) is 7.87. The van der Waals surface area contributed by atoms with E-state index in [1.54, 1.807) is 0 Å². The molecule has 0 fully saturated rings. The maximum absolute atomic E-state index is 5.11. The van der Waals surface area contributed by atoms with Crippen LogP contribution in [0.3, 0.4) is 0 Å². The van der Waals surface area contributed by atoms with E-state index in [9.17, 15) is 0 Å². The van der Waals surface area contributed by atoms with Crippen LogP contribution in [0.25, 0.3) is 38.6 Å². The smallest absolute Gasteiger partial charge is 0.236 e. The number of nitrogens with one attached hydrogen (secondary N) is 1. The lowest BCUT2D eigenvalue weighted by Gasteiger charge is -2.33. The molecule has 2 heterocycles. The Hall–Kier alpha value is -3.40. The van der Waals surface area contributed by atoms with Crippen molar-refractivity contribution in [1.29, 1.82) is 0 Å². The molecule has 0 radical (unpaired) electrons. The Morgan fingerprint density at radius 1 is 0.848 bits per heavy atom. The molecular formula is C29H32N4. The Balaban J connectivity index is 1.82. The molecule has 3 aromatic carbocycles. The van der Waals surface area contributed by atoms with Crippen molar-refractivity contribution in [3.8, 4) is 11.3 Å². The molecule has 0 bridgehead atoms. The molecule has 33 heavy (non-hydrogen) atoms. The summed E-state index contributed by atoms with van der Waals surface area (Å²) in [6.07, 6.45) is 2.08. The number of hydrogen-bond acceptors (Lipinski definition) is 3. The van der Waals surface area contributed by atoms with E-state index in [1.165, 1.54) is 21.5 Å². The number of anilines is 1. The molecule has 168 valence electrons. The van der Waals surface area contributed by atoms with Crippen LogP contribution in [0.15, 0.2) is 66.9 Å². The summed E-state index contributed by atoms with van der Waals surface area (Å²) in [6, 6.07) is 21.7. The van der Waals surface area contributed by atoms with Gasteiger partial charge in [-0.1, -0.05) is 76.2 Å². The van der Waals surface area contributed by atoms with Crippen LogP contribution in [-0.4, -0.2) is 20.4 Å². The largest absolute Gasteiger partial charge is 0.367 e. The monoisotopic (exact) mass is 436 g/mol. The van der Waals surface area contributed by atoms with Gasteiger partial charge in [0.1, 0.15) is 11.5 Å². The summed E-state index contributed by atoms with van der Waals surface area (Å²) in [5, 5.41) is 8.69. The lowest BCUT2D eigenvalue weighted by molar-refractivity contribution is 0.238. The maximum Gasteiger partial charge on any atom is 0.236 e. The zero-order chi connectivity index (χ0) is 23.3. The predicted molar refractivity (Wildman–Crippen MR) is 140 cm³/mol. The topological polar surface area (TPSA) is 42.2 Å². The van der Waals surface area contributed by atoms with Gasteiger partial charge in [-0.15, -0.1) is 0 Å². The van der Waals surface area contributed by atoms with E-state index in [0.29, 0.717) is 5.92 Å². The summed E-state index contributed by atoms with van der Waals surface area (Å²) < 4.78 is 2.10. The number of fused-ring (bicyclic) bond motifs is 3. The van der Waals surface area contributed by atoms with E-state index in [-0.39, 0.29) is 11.5 Å². The van der Waals surface area contributed by atoms with Gasteiger partial charge in [0.25, 0.3) is 0 Å². The highest BCUT2D eigenvalue weighted by atomic mass is 15.2. The number of aryl methyl sites for hydroxylation is 1. The molecule has 0 saturated heterocycles.